The molecule has 1 aromatic rings. The summed E-state index contributed by atoms with van der Waals surface area (Å²) in [6.45, 7) is 3.35. The van der Waals surface area contributed by atoms with E-state index in [1.165, 1.54) is 0 Å². The molecule has 0 aromatic heterocycles. The SMILES string of the molecule is CC(NCc1cc(F)ccc1F)C(C)C(=O)O. The zero-order valence-electron chi connectivity index (χ0n) is 9.71. The van der Waals surface area contributed by atoms with Gasteiger partial charge in [-0.05, 0) is 25.1 Å². The van der Waals surface area contributed by atoms with Gasteiger partial charge in [0.1, 0.15) is 11.6 Å². The van der Waals surface area contributed by atoms with E-state index in [2.05, 4.69) is 5.32 Å². The Hall–Kier alpha value is -1.49. The highest BCUT2D eigenvalue weighted by Crippen LogP contribution is 2.10. The molecule has 0 aliphatic rings. The number of carboxylic acids is 1. The number of hydrogen-bond donors (Lipinski definition) is 2. The molecule has 2 unspecified atom stereocenters. The molecule has 0 bridgehead atoms. The Labute approximate surface area is 98.5 Å². The van der Waals surface area contributed by atoms with Crippen molar-refractivity contribution in [3.63, 3.8) is 0 Å². The first-order chi connectivity index (χ1) is 7.91. The normalized spacial score (nSPS) is 14.4. The van der Waals surface area contributed by atoms with Gasteiger partial charge >= 0.3 is 5.97 Å². The minimum Gasteiger partial charge on any atom is -0.481 e. The maximum Gasteiger partial charge on any atom is 0.307 e. The first kappa shape index (κ1) is 13.6. The van der Waals surface area contributed by atoms with Gasteiger partial charge < -0.3 is 10.4 Å². The van der Waals surface area contributed by atoms with Gasteiger partial charge in [-0.2, -0.15) is 0 Å². The quantitative estimate of drug-likeness (QED) is 0.833. The summed E-state index contributed by atoms with van der Waals surface area (Å²) in [5, 5.41) is 11.6. The largest absolute Gasteiger partial charge is 0.481 e. The van der Waals surface area contributed by atoms with Crippen molar-refractivity contribution < 1.29 is 18.7 Å². The van der Waals surface area contributed by atoms with Gasteiger partial charge in [0.05, 0.1) is 5.92 Å². The molecule has 2 atom stereocenters. The van der Waals surface area contributed by atoms with Crippen LogP contribution in [0.15, 0.2) is 18.2 Å². The minimum absolute atomic E-state index is 0.0996. The van der Waals surface area contributed by atoms with Crippen LogP contribution in [-0.2, 0) is 11.3 Å². The summed E-state index contributed by atoms with van der Waals surface area (Å²) in [4.78, 5) is 10.7. The number of carbonyl (C=O) groups is 1. The zero-order chi connectivity index (χ0) is 13.0. The molecule has 94 valence electrons. The lowest BCUT2D eigenvalue weighted by Crippen LogP contribution is -2.35. The Bertz CT molecular complexity index is 409. The highest BCUT2D eigenvalue weighted by Gasteiger charge is 2.19. The molecule has 1 aromatic carbocycles. The number of carboxylic acid groups (broad SMARTS) is 1. The number of halogens is 2. The first-order valence-electron chi connectivity index (χ1n) is 5.32. The molecule has 5 heteroatoms. The van der Waals surface area contributed by atoms with Crippen LogP contribution >= 0.6 is 0 Å². The monoisotopic (exact) mass is 243 g/mol. The Morgan fingerprint density at radius 2 is 2.06 bits per heavy atom. The zero-order valence-corrected chi connectivity index (χ0v) is 9.71. The van der Waals surface area contributed by atoms with Crippen LogP contribution in [0.5, 0.6) is 0 Å². The summed E-state index contributed by atoms with van der Waals surface area (Å²) in [5.74, 6) is -2.53. The second-order valence-electron chi connectivity index (χ2n) is 4.03. The Balaban J connectivity index is 2.61. The van der Waals surface area contributed by atoms with Gasteiger partial charge in [0.25, 0.3) is 0 Å². The van der Waals surface area contributed by atoms with Crippen LogP contribution in [0.2, 0.25) is 0 Å². The van der Waals surface area contributed by atoms with E-state index in [9.17, 15) is 13.6 Å². The maximum atomic E-state index is 13.3. The third-order valence-electron chi connectivity index (χ3n) is 2.76. The Morgan fingerprint density at radius 3 is 2.65 bits per heavy atom. The smallest absolute Gasteiger partial charge is 0.307 e. The van der Waals surface area contributed by atoms with Crippen molar-refractivity contribution >= 4 is 5.97 Å². The topological polar surface area (TPSA) is 49.3 Å². The van der Waals surface area contributed by atoms with Gasteiger partial charge in [-0.1, -0.05) is 6.92 Å². The third-order valence-corrected chi connectivity index (χ3v) is 2.76. The van der Waals surface area contributed by atoms with E-state index in [1.54, 1.807) is 13.8 Å². The Kier molecular flexibility index (Phi) is 4.57. The fraction of sp³-hybridized carbons (Fsp3) is 0.417. The number of hydrogen-bond acceptors (Lipinski definition) is 2. The fourth-order valence-electron chi connectivity index (χ4n) is 1.34. The second kappa shape index (κ2) is 5.72. The van der Waals surface area contributed by atoms with Crippen LogP contribution < -0.4 is 5.32 Å². The molecule has 0 aliphatic carbocycles. The first-order valence-corrected chi connectivity index (χ1v) is 5.32. The second-order valence-corrected chi connectivity index (χ2v) is 4.03. The van der Waals surface area contributed by atoms with Crippen molar-refractivity contribution in [3.05, 3.63) is 35.4 Å². The van der Waals surface area contributed by atoms with E-state index in [1.807, 2.05) is 0 Å². The van der Waals surface area contributed by atoms with Crippen LogP contribution in [0.4, 0.5) is 8.78 Å². The highest BCUT2D eigenvalue weighted by atomic mass is 19.1. The van der Waals surface area contributed by atoms with Crippen molar-refractivity contribution in [2.45, 2.75) is 26.4 Å². The number of benzene rings is 1. The average molecular weight is 243 g/mol. The molecule has 0 amide bonds. The molecule has 0 saturated carbocycles. The van der Waals surface area contributed by atoms with Gasteiger partial charge in [0.2, 0.25) is 0 Å². The van der Waals surface area contributed by atoms with E-state index < -0.39 is 23.5 Å². The van der Waals surface area contributed by atoms with Crippen molar-refractivity contribution in [2.75, 3.05) is 0 Å². The molecule has 0 fully saturated rings. The molecule has 0 spiro atoms. The van der Waals surface area contributed by atoms with Crippen LogP contribution in [-0.4, -0.2) is 17.1 Å². The average Bonchev–Trinajstić information content (AvgIpc) is 2.28. The molecule has 17 heavy (non-hydrogen) atoms. The molecule has 0 aliphatic heterocycles. The molecular formula is C12H15F2NO2. The lowest BCUT2D eigenvalue weighted by molar-refractivity contribution is -0.141. The molecule has 0 radical (unpaired) electrons. The summed E-state index contributed by atoms with van der Waals surface area (Å²) in [6, 6.07) is 2.87. The number of rotatable bonds is 5. The maximum absolute atomic E-state index is 13.3. The van der Waals surface area contributed by atoms with E-state index in [0.29, 0.717) is 0 Å². The summed E-state index contributed by atoms with van der Waals surface area (Å²) >= 11 is 0. The standard InChI is InChI=1S/C12H15F2NO2/c1-7(12(16)17)8(2)15-6-9-5-10(13)3-4-11(9)14/h3-5,7-8,15H,6H2,1-2H3,(H,16,17). The van der Waals surface area contributed by atoms with Gasteiger partial charge in [0, 0.05) is 18.2 Å². The lowest BCUT2D eigenvalue weighted by Gasteiger charge is -2.17. The molecule has 2 N–H and O–H groups in total. The van der Waals surface area contributed by atoms with E-state index in [-0.39, 0.29) is 18.2 Å². The predicted octanol–water partition coefficient (Wildman–Crippen LogP) is 2.16. The molecule has 3 nitrogen and oxygen atoms in total. The van der Waals surface area contributed by atoms with E-state index in [4.69, 9.17) is 5.11 Å². The van der Waals surface area contributed by atoms with Crippen molar-refractivity contribution in [1.29, 1.82) is 0 Å². The van der Waals surface area contributed by atoms with Crippen LogP contribution in [0.3, 0.4) is 0 Å². The van der Waals surface area contributed by atoms with Gasteiger partial charge in [-0.25, -0.2) is 8.78 Å². The molecule has 1 rings (SSSR count). The molecule has 0 heterocycles. The van der Waals surface area contributed by atoms with Crippen LogP contribution in [0.25, 0.3) is 0 Å². The van der Waals surface area contributed by atoms with Crippen LogP contribution in [0.1, 0.15) is 19.4 Å². The number of nitrogens with one attached hydrogen (secondary N) is 1. The predicted molar refractivity (Wildman–Crippen MR) is 59.5 cm³/mol. The van der Waals surface area contributed by atoms with Crippen molar-refractivity contribution in [3.8, 4) is 0 Å². The molecular weight excluding hydrogens is 228 g/mol. The highest BCUT2D eigenvalue weighted by molar-refractivity contribution is 5.70. The van der Waals surface area contributed by atoms with E-state index >= 15 is 0 Å². The van der Waals surface area contributed by atoms with Gasteiger partial charge in [0.15, 0.2) is 0 Å². The summed E-state index contributed by atoms with van der Waals surface area (Å²) in [6.07, 6.45) is 0. The summed E-state index contributed by atoms with van der Waals surface area (Å²) < 4.78 is 26.1. The lowest BCUT2D eigenvalue weighted by atomic mass is 10.0. The summed E-state index contributed by atoms with van der Waals surface area (Å²) in [5.41, 5.74) is 0.189. The van der Waals surface area contributed by atoms with Gasteiger partial charge in [-0.15, -0.1) is 0 Å². The van der Waals surface area contributed by atoms with Crippen molar-refractivity contribution in [1.82, 2.24) is 5.32 Å². The number of aliphatic carboxylic acids is 1. The van der Waals surface area contributed by atoms with E-state index in [0.717, 1.165) is 18.2 Å². The van der Waals surface area contributed by atoms with Crippen LogP contribution in [0, 0.1) is 17.6 Å². The Morgan fingerprint density at radius 1 is 1.41 bits per heavy atom. The minimum atomic E-state index is -0.926. The molecule has 0 saturated heterocycles. The summed E-state index contributed by atoms with van der Waals surface area (Å²) in [7, 11) is 0. The third kappa shape index (κ3) is 3.78. The van der Waals surface area contributed by atoms with Crippen molar-refractivity contribution in [2.24, 2.45) is 5.92 Å². The van der Waals surface area contributed by atoms with Gasteiger partial charge in [-0.3, -0.25) is 4.79 Å². The fourth-order valence-corrected chi connectivity index (χ4v) is 1.34.